The number of carboxylic acid groups (broad SMARTS) is 1. The van der Waals surface area contributed by atoms with Gasteiger partial charge in [-0.25, -0.2) is 4.79 Å². The highest BCUT2D eigenvalue weighted by molar-refractivity contribution is 5.95. The molecule has 0 aliphatic carbocycles. The van der Waals surface area contributed by atoms with Gasteiger partial charge in [0, 0.05) is 5.56 Å². The van der Waals surface area contributed by atoms with E-state index in [-0.39, 0.29) is 18.1 Å². The number of carbonyl (C=O) groups excluding carboxylic acids is 1. The van der Waals surface area contributed by atoms with Gasteiger partial charge >= 0.3 is 5.97 Å². The molecule has 1 aromatic rings. The summed E-state index contributed by atoms with van der Waals surface area (Å²) >= 11 is 0. The first-order chi connectivity index (χ1) is 10.9. The largest absolute Gasteiger partial charge is 0.481 e. The maximum atomic E-state index is 12.5. The van der Waals surface area contributed by atoms with E-state index in [4.69, 9.17) is 14.6 Å². The van der Waals surface area contributed by atoms with Crippen molar-refractivity contribution < 1.29 is 24.2 Å². The van der Waals surface area contributed by atoms with E-state index < -0.39 is 12.6 Å². The number of carboxylic acids is 1. The second kappa shape index (κ2) is 6.20. The van der Waals surface area contributed by atoms with Gasteiger partial charge in [0.05, 0.1) is 18.2 Å². The van der Waals surface area contributed by atoms with Crippen LogP contribution in [0.15, 0.2) is 12.1 Å². The summed E-state index contributed by atoms with van der Waals surface area (Å²) in [6.07, 6.45) is 3.42. The van der Waals surface area contributed by atoms with Crippen LogP contribution in [-0.4, -0.2) is 41.8 Å². The third kappa shape index (κ3) is 3.32. The molecule has 1 aromatic carbocycles. The standard InChI is InChI=1S/C17H21NO5/c1-9-5-11(6-10(2)16(9)22-8-15(19)20)17(21)18-13-7-12-3-4-14(13)23-12/h5-6,12-14H,3-4,7-8H2,1-2H3,(H,18,21)(H,19,20). The summed E-state index contributed by atoms with van der Waals surface area (Å²) in [6.45, 7) is 3.22. The van der Waals surface area contributed by atoms with Gasteiger partial charge in [-0.2, -0.15) is 0 Å². The lowest BCUT2D eigenvalue weighted by molar-refractivity contribution is -0.139. The molecule has 0 radical (unpaired) electrons. The van der Waals surface area contributed by atoms with Crippen LogP contribution in [0, 0.1) is 13.8 Å². The van der Waals surface area contributed by atoms with Crippen molar-refractivity contribution in [2.75, 3.05) is 6.61 Å². The Labute approximate surface area is 134 Å². The molecule has 124 valence electrons. The molecule has 2 saturated heterocycles. The van der Waals surface area contributed by atoms with Gasteiger partial charge in [-0.3, -0.25) is 4.79 Å². The molecule has 2 N–H and O–H groups in total. The second-order valence-electron chi connectivity index (χ2n) is 6.31. The predicted octanol–water partition coefficient (Wildman–Crippen LogP) is 1.82. The molecule has 2 fully saturated rings. The van der Waals surface area contributed by atoms with Crippen molar-refractivity contribution in [2.45, 2.75) is 51.4 Å². The van der Waals surface area contributed by atoms with E-state index in [1.807, 2.05) is 13.8 Å². The molecule has 0 saturated carbocycles. The molecule has 6 nitrogen and oxygen atoms in total. The number of aryl methyl sites for hydroxylation is 2. The normalized spacial score (nSPS) is 25.4. The van der Waals surface area contributed by atoms with Gasteiger partial charge in [-0.15, -0.1) is 0 Å². The maximum absolute atomic E-state index is 12.5. The molecule has 6 heteroatoms. The van der Waals surface area contributed by atoms with Crippen molar-refractivity contribution >= 4 is 11.9 Å². The molecular weight excluding hydrogens is 298 g/mol. The molecule has 2 aliphatic rings. The van der Waals surface area contributed by atoms with E-state index in [0.29, 0.717) is 17.4 Å². The van der Waals surface area contributed by atoms with Crippen LogP contribution in [0.1, 0.15) is 40.7 Å². The fraction of sp³-hybridized carbons (Fsp3) is 0.529. The minimum atomic E-state index is -1.03. The summed E-state index contributed by atoms with van der Waals surface area (Å²) < 4.78 is 11.0. The van der Waals surface area contributed by atoms with Gasteiger partial charge < -0.3 is 19.9 Å². The summed E-state index contributed by atoms with van der Waals surface area (Å²) in [6, 6.07) is 3.55. The number of amides is 1. The number of fused-ring (bicyclic) bond motifs is 2. The Morgan fingerprint density at radius 3 is 2.52 bits per heavy atom. The minimum Gasteiger partial charge on any atom is -0.481 e. The molecule has 0 spiro atoms. The Balaban J connectivity index is 1.70. The van der Waals surface area contributed by atoms with E-state index in [1.54, 1.807) is 12.1 Å². The highest BCUT2D eigenvalue weighted by Gasteiger charge is 2.41. The van der Waals surface area contributed by atoms with Crippen LogP contribution in [-0.2, 0) is 9.53 Å². The number of hydrogen-bond donors (Lipinski definition) is 2. The van der Waals surface area contributed by atoms with Crippen LogP contribution in [0.3, 0.4) is 0 Å². The third-order valence-corrected chi connectivity index (χ3v) is 4.49. The van der Waals surface area contributed by atoms with Crippen LogP contribution in [0.2, 0.25) is 0 Å². The molecule has 2 bridgehead atoms. The SMILES string of the molecule is Cc1cc(C(=O)NC2CC3CCC2O3)cc(C)c1OCC(=O)O. The zero-order valence-corrected chi connectivity index (χ0v) is 13.3. The summed E-state index contributed by atoms with van der Waals surface area (Å²) in [5.41, 5.74) is 2.06. The van der Waals surface area contributed by atoms with Crippen LogP contribution in [0.4, 0.5) is 0 Å². The Bertz CT molecular complexity index is 619. The van der Waals surface area contributed by atoms with E-state index in [0.717, 1.165) is 30.4 Å². The molecule has 0 aromatic heterocycles. The Hall–Kier alpha value is -2.08. The van der Waals surface area contributed by atoms with Crippen molar-refractivity contribution in [2.24, 2.45) is 0 Å². The summed E-state index contributed by atoms with van der Waals surface area (Å²) in [7, 11) is 0. The molecule has 1 amide bonds. The number of carbonyl (C=O) groups is 2. The van der Waals surface area contributed by atoms with Crippen molar-refractivity contribution in [1.29, 1.82) is 0 Å². The fourth-order valence-electron chi connectivity index (χ4n) is 3.48. The van der Waals surface area contributed by atoms with Crippen molar-refractivity contribution in [3.63, 3.8) is 0 Å². The number of hydrogen-bond acceptors (Lipinski definition) is 4. The summed E-state index contributed by atoms with van der Waals surface area (Å²) in [5.74, 6) is -0.628. The van der Waals surface area contributed by atoms with Crippen LogP contribution < -0.4 is 10.1 Å². The molecule has 3 unspecified atom stereocenters. The van der Waals surface area contributed by atoms with Gasteiger partial charge in [0.1, 0.15) is 5.75 Å². The Morgan fingerprint density at radius 1 is 1.30 bits per heavy atom. The van der Waals surface area contributed by atoms with Crippen LogP contribution in [0.25, 0.3) is 0 Å². The number of aliphatic carboxylic acids is 1. The Kier molecular flexibility index (Phi) is 4.26. The van der Waals surface area contributed by atoms with Crippen molar-refractivity contribution in [1.82, 2.24) is 5.32 Å². The van der Waals surface area contributed by atoms with Gasteiger partial charge in [0.15, 0.2) is 6.61 Å². The molecule has 23 heavy (non-hydrogen) atoms. The van der Waals surface area contributed by atoms with E-state index >= 15 is 0 Å². The lowest BCUT2D eigenvalue weighted by Crippen LogP contribution is -2.41. The predicted molar refractivity (Wildman–Crippen MR) is 82.8 cm³/mol. The summed E-state index contributed by atoms with van der Waals surface area (Å²) in [4.78, 5) is 23.1. The zero-order valence-electron chi connectivity index (χ0n) is 13.3. The zero-order chi connectivity index (χ0) is 16.6. The average molecular weight is 319 g/mol. The Morgan fingerprint density at radius 2 is 2.00 bits per heavy atom. The average Bonchev–Trinajstić information content (AvgIpc) is 3.08. The number of nitrogens with one attached hydrogen (secondary N) is 1. The molecular formula is C17H21NO5. The first-order valence-electron chi connectivity index (χ1n) is 7.86. The second-order valence-corrected chi connectivity index (χ2v) is 6.31. The van der Waals surface area contributed by atoms with E-state index in [2.05, 4.69) is 5.32 Å². The van der Waals surface area contributed by atoms with E-state index in [9.17, 15) is 9.59 Å². The minimum absolute atomic E-state index is 0.0878. The highest BCUT2D eigenvalue weighted by atomic mass is 16.5. The molecule has 2 heterocycles. The molecule has 3 rings (SSSR count). The highest BCUT2D eigenvalue weighted by Crippen LogP contribution is 2.34. The first kappa shape index (κ1) is 15.8. The van der Waals surface area contributed by atoms with Gasteiger partial charge in [0.25, 0.3) is 5.91 Å². The summed E-state index contributed by atoms with van der Waals surface area (Å²) in [5, 5.41) is 11.8. The lowest BCUT2D eigenvalue weighted by Gasteiger charge is -2.20. The van der Waals surface area contributed by atoms with Crippen LogP contribution in [0.5, 0.6) is 5.75 Å². The smallest absolute Gasteiger partial charge is 0.341 e. The third-order valence-electron chi connectivity index (χ3n) is 4.49. The number of rotatable bonds is 5. The van der Waals surface area contributed by atoms with Gasteiger partial charge in [-0.1, -0.05) is 0 Å². The van der Waals surface area contributed by atoms with Crippen molar-refractivity contribution in [3.8, 4) is 5.75 Å². The maximum Gasteiger partial charge on any atom is 0.341 e. The quantitative estimate of drug-likeness (QED) is 0.865. The number of benzene rings is 1. The topological polar surface area (TPSA) is 84.9 Å². The molecule has 2 aliphatic heterocycles. The fourth-order valence-corrected chi connectivity index (χ4v) is 3.48. The molecule has 3 atom stereocenters. The van der Waals surface area contributed by atoms with E-state index in [1.165, 1.54) is 0 Å². The monoisotopic (exact) mass is 319 g/mol. The first-order valence-corrected chi connectivity index (χ1v) is 7.86. The number of ether oxygens (including phenoxy) is 2. The van der Waals surface area contributed by atoms with Gasteiger partial charge in [0.2, 0.25) is 0 Å². The van der Waals surface area contributed by atoms with Crippen LogP contribution >= 0.6 is 0 Å². The van der Waals surface area contributed by atoms with Crippen molar-refractivity contribution in [3.05, 3.63) is 28.8 Å². The lowest BCUT2D eigenvalue weighted by atomic mass is 9.95. The van der Waals surface area contributed by atoms with Gasteiger partial charge in [-0.05, 0) is 56.4 Å².